The molecule has 7 N–H and O–H groups in total. The molecule has 17 nitrogen and oxygen atoms in total. The number of carbonyl (C=O) groups is 1. The van der Waals surface area contributed by atoms with Crippen LogP contribution in [-0.2, 0) is 43.3 Å². The van der Waals surface area contributed by atoms with Crippen LogP contribution in [0.2, 0.25) is 0 Å². The van der Waals surface area contributed by atoms with Crippen molar-refractivity contribution >= 4 is 17.1 Å². The number of fused-ring (bicyclic) bond motifs is 4. The van der Waals surface area contributed by atoms with Crippen LogP contribution in [0.3, 0.4) is 0 Å². The van der Waals surface area contributed by atoms with Gasteiger partial charge in [0.2, 0.25) is 0 Å². The summed E-state index contributed by atoms with van der Waals surface area (Å²) in [6.45, 7) is 5.61. The van der Waals surface area contributed by atoms with Crippen LogP contribution in [-0.4, -0.2) is 141 Å². The average molecular weight is 1040 g/mol. The number of amides is 1. The third kappa shape index (κ3) is 12.3. The second-order valence-corrected chi connectivity index (χ2v) is 18.8. The van der Waals surface area contributed by atoms with Gasteiger partial charge in [0.15, 0.2) is 23.6 Å². The largest absolute Gasteiger partial charge is 1.00 e. The monoisotopic (exact) mass is 1040 g/mol. The van der Waals surface area contributed by atoms with Crippen molar-refractivity contribution in [2.45, 2.75) is 107 Å². The van der Waals surface area contributed by atoms with Crippen molar-refractivity contribution in [2.75, 3.05) is 46.1 Å². The van der Waals surface area contributed by atoms with Crippen LogP contribution in [0, 0.1) is 0 Å². The van der Waals surface area contributed by atoms with Gasteiger partial charge in [-0.1, -0.05) is 109 Å². The lowest BCUT2D eigenvalue weighted by Gasteiger charge is -2.40. The van der Waals surface area contributed by atoms with Crippen LogP contribution in [0.5, 0.6) is 5.75 Å². The minimum Gasteiger partial charge on any atom is -1.00 e. The molecule has 396 valence electrons. The highest BCUT2D eigenvalue weighted by molar-refractivity contribution is 5.79. The molecule has 9 rings (SSSR count). The number of ether oxygens (including phenoxy) is 6. The van der Waals surface area contributed by atoms with Gasteiger partial charge in [-0.25, -0.2) is 13.9 Å². The third-order valence-corrected chi connectivity index (χ3v) is 14.1. The highest BCUT2D eigenvalue weighted by Gasteiger charge is 2.42. The first-order valence-corrected chi connectivity index (χ1v) is 25.2. The molecule has 6 aromatic rings. The molecule has 18 heteroatoms. The van der Waals surface area contributed by atoms with E-state index in [1.54, 1.807) is 29.2 Å². The topological polar surface area (TPSA) is 218 Å². The summed E-state index contributed by atoms with van der Waals surface area (Å²) in [5.41, 5.74) is 7.86. The summed E-state index contributed by atoms with van der Waals surface area (Å²) < 4.78 is 39.8. The van der Waals surface area contributed by atoms with Gasteiger partial charge in [0.05, 0.1) is 45.1 Å². The molecule has 1 amide bonds. The van der Waals surface area contributed by atoms with E-state index in [4.69, 9.17) is 28.4 Å². The Morgan fingerprint density at radius 3 is 1.80 bits per heavy atom. The maximum atomic E-state index is 13.3. The number of alkyl carbamates (subject to hydrolysis) is 1. The number of nitrogens with zero attached hydrogens (tertiary/aromatic N) is 3. The lowest BCUT2D eigenvalue weighted by Crippen LogP contribution is -3.00. The van der Waals surface area contributed by atoms with Crippen LogP contribution in [0.25, 0.3) is 22.2 Å². The Labute approximate surface area is 436 Å². The van der Waals surface area contributed by atoms with Gasteiger partial charge in [0.25, 0.3) is 5.82 Å². The summed E-state index contributed by atoms with van der Waals surface area (Å²) in [7, 11) is 0. The second-order valence-electron chi connectivity index (χ2n) is 18.8. The molecular formula is C56H67ClN4O13. The number of halogens is 1. The number of hydrogen-bond donors (Lipinski definition) is 7. The molecule has 3 aliphatic rings. The first-order valence-electron chi connectivity index (χ1n) is 25.2. The van der Waals surface area contributed by atoms with E-state index in [2.05, 4.69) is 45.6 Å². The minimum atomic E-state index is -1.57. The van der Waals surface area contributed by atoms with E-state index < -0.39 is 67.5 Å². The molecule has 0 saturated carbocycles. The fourth-order valence-corrected chi connectivity index (χ4v) is 10.4. The molecule has 0 radical (unpaired) electrons. The predicted octanol–water partition coefficient (Wildman–Crippen LogP) is 1.48. The Kier molecular flexibility index (Phi) is 18.8. The van der Waals surface area contributed by atoms with Crippen molar-refractivity contribution in [1.29, 1.82) is 0 Å². The normalized spacial score (nSPS) is 22.3. The first-order chi connectivity index (χ1) is 35.5. The molecule has 3 heterocycles. The van der Waals surface area contributed by atoms with E-state index >= 15 is 0 Å². The molecule has 2 saturated heterocycles. The van der Waals surface area contributed by atoms with Crippen molar-refractivity contribution in [1.82, 2.24) is 14.8 Å². The van der Waals surface area contributed by atoms with E-state index in [0.717, 1.165) is 39.1 Å². The van der Waals surface area contributed by atoms with E-state index in [-0.39, 0.29) is 70.9 Å². The molecule has 2 unspecified atom stereocenters. The molecule has 0 spiro atoms. The molecule has 1 aromatic heterocycles. The quantitative estimate of drug-likeness (QED) is 0.0402. The Balaban J connectivity index is 0.00000729. The molecular weight excluding hydrogens is 972 g/mol. The van der Waals surface area contributed by atoms with Crippen LogP contribution >= 0.6 is 0 Å². The maximum Gasteiger partial charge on any atom is 0.407 e. The van der Waals surface area contributed by atoms with Gasteiger partial charge in [0, 0.05) is 42.7 Å². The number of imidazole rings is 1. The van der Waals surface area contributed by atoms with Crippen molar-refractivity contribution in [3.8, 4) is 16.9 Å². The van der Waals surface area contributed by atoms with Crippen molar-refractivity contribution in [2.24, 2.45) is 0 Å². The summed E-state index contributed by atoms with van der Waals surface area (Å²) in [5, 5.41) is 70.7. The van der Waals surface area contributed by atoms with Crippen LogP contribution in [0.1, 0.15) is 66.8 Å². The number of aliphatic hydroxyl groups is 6. The number of hydrogen-bond acceptors (Lipinski definition) is 14. The minimum absolute atomic E-state index is 0. The molecule has 0 bridgehead atoms. The summed E-state index contributed by atoms with van der Waals surface area (Å²) >= 11 is 0. The highest BCUT2D eigenvalue weighted by atomic mass is 35.5. The summed E-state index contributed by atoms with van der Waals surface area (Å²) in [6, 6.07) is 40.4. The summed E-state index contributed by atoms with van der Waals surface area (Å²) in [5.74, 6) is 1.45. The first kappa shape index (κ1) is 54.7. The molecule has 2 aliphatic heterocycles. The number of nitrogens with one attached hydrogen (secondary N) is 1. The van der Waals surface area contributed by atoms with Gasteiger partial charge in [-0.05, 0) is 54.7 Å². The van der Waals surface area contributed by atoms with Crippen molar-refractivity contribution in [3.63, 3.8) is 0 Å². The number of aromatic nitrogens is 2. The predicted molar refractivity (Wildman–Crippen MR) is 268 cm³/mol. The van der Waals surface area contributed by atoms with Crippen molar-refractivity contribution in [3.05, 3.63) is 155 Å². The smallest absolute Gasteiger partial charge is 0.407 e. The van der Waals surface area contributed by atoms with E-state index in [9.17, 15) is 35.4 Å². The lowest BCUT2D eigenvalue weighted by atomic mass is 9.98. The molecule has 1 aliphatic carbocycles. The average Bonchev–Trinajstić information content (AvgIpc) is 3.92. The fourth-order valence-electron chi connectivity index (χ4n) is 10.4. The zero-order valence-electron chi connectivity index (χ0n) is 41.5. The number of aryl methyl sites for hydroxylation is 2. The number of benzene rings is 5. The standard InChI is InChI=1S/C56H66N4O13.ClH/c1-3-59-43-25-24-37(28-44(43)60(4-2)49(59)29-57-56(67)71-32-42-40-22-13-11-20-38(40)39-21-12-14-23-41(39)42)68-27-15-26-58(30-45(61)50(65)52-47(63)33-69-54(72-52)35-16-7-5-8-17-35)31-46(62)51(66)53-48(64)34-70-55(73-53)36-18-9-6-10-19-36;/h5-14,16-25,28,42,45-48,50-55,61-66H,3-4,15,26-27,29-34H2,1-2H3;1H/t45-,46-,47+,48+,50+,51+,52+,53+,54?,55?;/m0./s1. The van der Waals surface area contributed by atoms with E-state index in [1.165, 1.54) is 0 Å². The lowest BCUT2D eigenvalue weighted by molar-refractivity contribution is -0.676. The van der Waals surface area contributed by atoms with Gasteiger partial charge < -0.3 is 76.8 Å². The van der Waals surface area contributed by atoms with Gasteiger partial charge in [-0.3, -0.25) is 4.90 Å². The SMILES string of the molecule is CCn1c(CNC(=O)OCC2c3ccccc3-c3ccccc32)[n+](CC)c2ccc(OCCCN(C[C@H](O)[C@@H](O)[C@@H]3OC(c4ccccc4)OC[C@H]3O)C[C@H](O)[C@@H](O)[C@@H]3OC(c4ccccc4)OC[C@H]3O)cc21.[Cl-]. The van der Waals surface area contributed by atoms with E-state index in [1.807, 2.05) is 85.8 Å². The van der Waals surface area contributed by atoms with E-state index in [0.29, 0.717) is 36.4 Å². The van der Waals surface area contributed by atoms with Crippen LogP contribution < -0.4 is 27.0 Å². The zero-order chi connectivity index (χ0) is 51.0. The van der Waals surface area contributed by atoms with Crippen LogP contribution in [0.15, 0.2) is 127 Å². The van der Waals surface area contributed by atoms with Crippen LogP contribution in [0.4, 0.5) is 4.79 Å². The van der Waals surface area contributed by atoms with Gasteiger partial charge in [-0.15, -0.1) is 0 Å². The second kappa shape index (κ2) is 25.3. The van der Waals surface area contributed by atoms with Gasteiger partial charge in [-0.2, -0.15) is 0 Å². The third-order valence-electron chi connectivity index (χ3n) is 14.1. The number of carbonyl (C=O) groups excluding carboxylic acids is 1. The summed E-state index contributed by atoms with van der Waals surface area (Å²) in [6.07, 6.45) is -12.8. The number of aliphatic hydroxyl groups excluding tert-OH is 6. The molecule has 2 fully saturated rings. The molecule has 5 aromatic carbocycles. The Bertz CT molecular complexity index is 2630. The Hall–Kier alpha value is -5.51. The maximum absolute atomic E-state index is 13.3. The van der Waals surface area contributed by atoms with Crippen molar-refractivity contribution < 1.29 is 80.8 Å². The molecule has 74 heavy (non-hydrogen) atoms. The van der Waals surface area contributed by atoms with Gasteiger partial charge in [0.1, 0.15) is 55.5 Å². The Morgan fingerprint density at radius 1 is 0.743 bits per heavy atom. The fraction of sp³-hybridized carbons (Fsp3) is 0.429. The summed E-state index contributed by atoms with van der Waals surface area (Å²) in [4.78, 5) is 14.9. The Morgan fingerprint density at radius 2 is 1.27 bits per heavy atom. The van der Waals surface area contributed by atoms with Gasteiger partial charge >= 0.3 is 6.09 Å². The highest BCUT2D eigenvalue weighted by Crippen LogP contribution is 2.44. The molecule has 10 atom stereocenters. The number of rotatable bonds is 21. The zero-order valence-corrected chi connectivity index (χ0v) is 42.3.